The second kappa shape index (κ2) is 7.19. The van der Waals surface area contributed by atoms with Crippen LogP contribution in [0.15, 0.2) is 22.3 Å². The lowest BCUT2D eigenvalue weighted by Crippen LogP contribution is -1.80. The van der Waals surface area contributed by atoms with E-state index in [0.29, 0.717) is 5.92 Å². The molecule has 0 aliphatic heterocycles. The molecular weight excluding hydrogens is 136 g/mol. The molecule has 0 bridgehead atoms. The third-order valence-corrected chi connectivity index (χ3v) is 1.08. The van der Waals surface area contributed by atoms with Crippen molar-refractivity contribution in [3.05, 3.63) is 12.3 Å². The molecule has 0 rings (SSSR count). The van der Waals surface area contributed by atoms with Gasteiger partial charge in [0.1, 0.15) is 6.34 Å². The van der Waals surface area contributed by atoms with Crippen LogP contribution in [-0.4, -0.2) is 12.6 Å². The lowest BCUT2D eigenvalue weighted by Gasteiger charge is -1.93. The molecule has 0 aromatic rings. The summed E-state index contributed by atoms with van der Waals surface area (Å²) >= 11 is 0. The smallest absolute Gasteiger partial charge is 0.114 e. The third-order valence-electron chi connectivity index (χ3n) is 1.08. The molecule has 2 nitrogen and oxygen atoms in total. The van der Waals surface area contributed by atoms with E-state index in [9.17, 15) is 0 Å². The van der Waals surface area contributed by atoms with E-state index in [1.807, 2.05) is 13.0 Å². The quantitative estimate of drug-likeness (QED) is 0.437. The maximum atomic E-state index is 3.93. The van der Waals surface area contributed by atoms with E-state index in [-0.39, 0.29) is 0 Å². The summed E-state index contributed by atoms with van der Waals surface area (Å²) in [6.07, 6.45) is 8.16. The molecule has 11 heavy (non-hydrogen) atoms. The predicted octanol–water partition coefficient (Wildman–Crippen LogP) is 2.67. The summed E-state index contributed by atoms with van der Waals surface area (Å²) < 4.78 is 0. The first kappa shape index (κ1) is 10.1. The minimum Gasteiger partial charge on any atom is -0.250 e. The van der Waals surface area contributed by atoms with Crippen LogP contribution in [0.4, 0.5) is 0 Å². The summed E-state index contributed by atoms with van der Waals surface area (Å²) in [7, 11) is 0. The molecule has 2 heteroatoms. The fourth-order valence-corrected chi connectivity index (χ4v) is 0.538. The van der Waals surface area contributed by atoms with Gasteiger partial charge in [0.25, 0.3) is 0 Å². The molecule has 0 amide bonds. The van der Waals surface area contributed by atoms with Crippen LogP contribution in [-0.2, 0) is 0 Å². The monoisotopic (exact) mass is 152 g/mol. The molecule has 0 fully saturated rings. The fourth-order valence-electron chi connectivity index (χ4n) is 0.538. The van der Waals surface area contributed by atoms with Crippen LogP contribution >= 0.6 is 0 Å². The van der Waals surface area contributed by atoms with Gasteiger partial charge in [-0.3, -0.25) is 0 Å². The minimum absolute atomic E-state index is 0.705. The van der Waals surface area contributed by atoms with Crippen LogP contribution in [0.1, 0.15) is 27.2 Å². The van der Waals surface area contributed by atoms with Gasteiger partial charge >= 0.3 is 0 Å². The SMILES string of the molecule is C\C=N/C=N\C=C/CC(C)C. The van der Waals surface area contributed by atoms with Crippen molar-refractivity contribution in [1.29, 1.82) is 0 Å². The maximum Gasteiger partial charge on any atom is 0.114 e. The Labute approximate surface area is 68.8 Å². The Hall–Kier alpha value is -0.920. The van der Waals surface area contributed by atoms with Gasteiger partial charge in [0.15, 0.2) is 0 Å². The van der Waals surface area contributed by atoms with Gasteiger partial charge in [-0.1, -0.05) is 19.9 Å². The van der Waals surface area contributed by atoms with Gasteiger partial charge in [-0.25, -0.2) is 9.98 Å². The summed E-state index contributed by atoms with van der Waals surface area (Å²) in [6.45, 7) is 6.22. The van der Waals surface area contributed by atoms with Crippen LogP contribution < -0.4 is 0 Å². The molecule has 0 aliphatic carbocycles. The van der Waals surface area contributed by atoms with Crippen molar-refractivity contribution in [1.82, 2.24) is 0 Å². The minimum atomic E-state index is 0.705. The van der Waals surface area contributed by atoms with E-state index in [1.165, 1.54) is 6.34 Å². The first-order chi connectivity index (χ1) is 5.27. The number of aliphatic imine (C=N–C) groups is 2. The topological polar surface area (TPSA) is 24.7 Å². The molecule has 0 radical (unpaired) electrons. The summed E-state index contributed by atoms with van der Waals surface area (Å²) in [6, 6.07) is 0. The van der Waals surface area contributed by atoms with Gasteiger partial charge in [-0.2, -0.15) is 0 Å². The van der Waals surface area contributed by atoms with Gasteiger partial charge in [0, 0.05) is 12.4 Å². The average molecular weight is 152 g/mol. The normalized spacial score (nSPS) is 13.1. The van der Waals surface area contributed by atoms with Crippen LogP contribution in [0.3, 0.4) is 0 Å². The van der Waals surface area contributed by atoms with E-state index < -0.39 is 0 Å². The lowest BCUT2D eigenvalue weighted by molar-refractivity contribution is 0.663. The second-order valence-corrected chi connectivity index (χ2v) is 2.69. The first-order valence-electron chi connectivity index (χ1n) is 3.91. The number of hydrogen-bond acceptors (Lipinski definition) is 1. The number of nitrogens with zero attached hydrogens (tertiary/aromatic N) is 2. The molecule has 0 unspecified atom stereocenters. The van der Waals surface area contributed by atoms with Gasteiger partial charge in [-0.15, -0.1) is 0 Å². The zero-order valence-corrected chi connectivity index (χ0v) is 7.49. The van der Waals surface area contributed by atoms with Gasteiger partial charge < -0.3 is 0 Å². The Kier molecular flexibility index (Phi) is 6.59. The molecule has 0 atom stereocenters. The van der Waals surface area contributed by atoms with Crippen molar-refractivity contribution in [3.63, 3.8) is 0 Å². The van der Waals surface area contributed by atoms with Crippen molar-refractivity contribution < 1.29 is 0 Å². The van der Waals surface area contributed by atoms with E-state index in [1.54, 1.807) is 12.4 Å². The summed E-state index contributed by atoms with van der Waals surface area (Å²) in [5.41, 5.74) is 0. The highest BCUT2D eigenvalue weighted by atomic mass is 14.8. The fraction of sp³-hybridized carbons (Fsp3) is 0.556. The Morgan fingerprint density at radius 2 is 2.00 bits per heavy atom. The van der Waals surface area contributed by atoms with Gasteiger partial charge in [0.05, 0.1) is 0 Å². The third kappa shape index (κ3) is 9.08. The summed E-state index contributed by atoms with van der Waals surface area (Å²) in [5.74, 6) is 0.705. The molecule has 0 aromatic carbocycles. The Bertz CT molecular complexity index is 155. The number of rotatable bonds is 4. The van der Waals surface area contributed by atoms with Crippen molar-refractivity contribution in [2.75, 3.05) is 0 Å². The van der Waals surface area contributed by atoms with E-state index >= 15 is 0 Å². The highest BCUT2D eigenvalue weighted by Crippen LogP contribution is 1.99. The van der Waals surface area contributed by atoms with Gasteiger partial charge in [0.2, 0.25) is 0 Å². The Morgan fingerprint density at radius 1 is 1.27 bits per heavy atom. The Morgan fingerprint density at radius 3 is 2.55 bits per heavy atom. The first-order valence-corrected chi connectivity index (χ1v) is 3.91. The lowest BCUT2D eigenvalue weighted by atomic mass is 10.1. The molecule has 0 saturated heterocycles. The average Bonchev–Trinajstić information content (AvgIpc) is 1.96. The van der Waals surface area contributed by atoms with E-state index in [2.05, 4.69) is 23.8 Å². The zero-order chi connectivity index (χ0) is 8.53. The van der Waals surface area contributed by atoms with Crippen LogP contribution in [0.2, 0.25) is 0 Å². The maximum absolute atomic E-state index is 3.93. The van der Waals surface area contributed by atoms with Crippen molar-refractivity contribution in [2.45, 2.75) is 27.2 Å². The standard InChI is InChI=1S/C9H16N2/c1-4-10-8-11-7-5-6-9(2)3/h4-5,7-9H,6H2,1-3H3/b7-5-,10-4-,11-8-. The van der Waals surface area contributed by atoms with Crippen molar-refractivity contribution in [3.8, 4) is 0 Å². The zero-order valence-electron chi connectivity index (χ0n) is 7.49. The molecule has 0 aromatic heterocycles. The van der Waals surface area contributed by atoms with Crippen LogP contribution in [0, 0.1) is 5.92 Å². The molecule has 0 aliphatic rings. The molecule has 0 saturated carbocycles. The number of hydrogen-bond donors (Lipinski definition) is 0. The summed E-state index contributed by atoms with van der Waals surface area (Å²) in [5, 5.41) is 0. The number of allylic oxidation sites excluding steroid dienone is 1. The highest BCUT2D eigenvalue weighted by molar-refractivity contribution is 5.70. The van der Waals surface area contributed by atoms with Crippen LogP contribution in [0.5, 0.6) is 0 Å². The van der Waals surface area contributed by atoms with E-state index in [0.717, 1.165) is 6.42 Å². The van der Waals surface area contributed by atoms with Crippen molar-refractivity contribution >= 4 is 12.6 Å². The molecule has 0 spiro atoms. The predicted molar refractivity (Wildman–Crippen MR) is 51.3 cm³/mol. The molecule has 0 heterocycles. The molecule has 0 N–H and O–H groups in total. The van der Waals surface area contributed by atoms with E-state index in [4.69, 9.17) is 0 Å². The molecular formula is C9H16N2. The summed E-state index contributed by atoms with van der Waals surface area (Å²) in [4.78, 5) is 7.75. The van der Waals surface area contributed by atoms with Crippen molar-refractivity contribution in [2.24, 2.45) is 15.9 Å². The molecule has 62 valence electrons. The Balaban J connectivity index is 3.44. The highest BCUT2D eigenvalue weighted by Gasteiger charge is 1.84. The largest absolute Gasteiger partial charge is 0.250 e. The van der Waals surface area contributed by atoms with Gasteiger partial charge in [-0.05, 0) is 19.3 Å². The second-order valence-electron chi connectivity index (χ2n) is 2.69. The van der Waals surface area contributed by atoms with Crippen LogP contribution in [0.25, 0.3) is 0 Å².